The fourth-order valence-electron chi connectivity index (χ4n) is 2.78. The molecule has 0 bridgehead atoms. The maximum atomic E-state index is 12.4. The van der Waals surface area contributed by atoms with Crippen molar-refractivity contribution < 1.29 is 14.3 Å². The molecule has 7 heteroatoms. The second kappa shape index (κ2) is 9.97. The molecule has 0 aliphatic rings. The van der Waals surface area contributed by atoms with E-state index in [0.717, 1.165) is 28.9 Å². The van der Waals surface area contributed by atoms with Gasteiger partial charge in [0, 0.05) is 24.9 Å². The number of urea groups is 1. The molecule has 2 aromatic rings. The molecule has 1 heterocycles. The smallest absolute Gasteiger partial charge is 0.319 e. The fraction of sp³-hybridized carbons (Fsp3) is 0.500. The van der Waals surface area contributed by atoms with Gasteiger partial charge in [-0.1, -0.05) is 13.0 Å². The van der Waals surface area contributed by atoms with Crippen LogP contribution < -0.4 is 15.4 Å². The number of anilines is 1. The van der Waals surface area contributed by atoms with Crippen LogP contribution in [0.25, 0.3) is 0 Å². The number of aromatic nitrogens is 2. The van der Waals surface area contributed by atoms with Gasteiger partial charge < -0.3 is 20.1 Å². The molecular formula is C20H30N4O3. The zero-order valence-corrected chi connectivity index (χ0v) is 16.9. The number of nitrogens with zero attached hydrogens (tertiary/aromatic N) is 2. The van der Waals surface area contributed by atoms with E-state index in [1.165, 1.54) is 0 Å². The van der Waals surface area contributed by atoms with E-state index in [1.807, 2.05) is 50.6 Å². The number of hydrogen-bond donors (Lipinski definition) is 2. The molecule has 0 aliphatic heterocycles. The molecule has 0 saturated heterocycles. The summed E-state index contributed by atoms with van der Waals surface area (Å²) < 4.78 is 12.8. The summed E-state index contributed by atoms with van der Waals surface area (Å²) in [6.45, 7) is 10.3. The number of methoxy groups -OCH3 is 1. The highest BCUT2D eigenvalue weighted by Gasteiger charge is 2.13. The van der Waals surface area contributed by atoms with Crippen molar-refractivity contribution in [3.05, 3.63) is 40.7 Å². The number of rotatable bonds is 9. The summed E-state index contributed by atoms with van der Waals surface area (Å²) in [5, 5.41) is 10.3. The molecular weight excluding hydrogens is 344 g/mol. The van der Waals surface area contributed by atoms with Crippen molar-refractivity contribution in [3.63, 3.8) is 0 Å². The van der Waals surface area contributed by atoms with Crippen LogP contribution in [0.5, 0.6) is 5.75 Å². The molecule has 0 aliphatic carbocycles. The standard InChI is InChI=1S/C20H30N4O3/c1-6-10-27-19-12-14(2)7-8-18(19)22-20(25)21-13-17-15(3)23-24(16(17)4)9-11-26-5/h7-8,12H,6,9-11,13H2,1-5H3,(H2,21,22,25). The van der Waals surface area contributed by atoms with Crippen LogP contribution in [0.3, 0.4) is 0 Å². The van der Waals surface area contributed by atoms with Crippen LogP contribution in [-0.4, -0.2) is 36.1 Å². The number of aryl methyl sites for hydroxylation is 2. The first-order valence-electron chi connectivity index (χ1n) is 9.26. The summed E-state index contributed by atoms with van der Waals surface area (Å²) in [4.78, 5) is 12.4. The van der Waals surface area contributed by atoms with Crippen LogP contribution in [0.2, 0.25) is 0 Å². The van der Waals surface area contributed by atoms with Gasteiger partial charge in [-0.3, -0.25) is 4.68 Å². The Kier molecular flexibility index (Phi) is 7.67. The van der Waals surface area contributed by atoms with Crippen molar-refractivity contribution in [2.45, 2.75) is 47.2 Å². The van der Waals surface area contributed by atoms with E-state index in [1.54, 1.807) is 7.11 Å². The van der Waals surface area contributed by atoms with Gasteiger partial charge in [0.2, 0.25) is 0 Å². The molecule has 1 aromatic heterocycles. The second-order valence-electron chi connectivity index (χ2n) is 6.52. The Bertz CT molecular complexity index is 771. The van der Waals surface area contributed by atoms with Crippen molar-refractivity contribution >= 4 is 11.7 Å². The third-order valence-corrected chi connectivity index (χ3v) is 4.31. The first kappa shape index (κ1) is 20.8. The third-order valence-electron chi connectivity index (χ3n) is 4.31. The van der Waals surface area contributed by atoms with Crippen molar-refractivity contribution in [3.8, 4) is 5.75 Å². The highest BCUT2D eigenvalue weighted by atomic mass is 16.5. The molecule has 7 nitrogen and oxygen atoms in total. The predicted octanol–water partition coefficient (Wildman–Crippen LogP) is 3.57. The average Bonchev–Trinajstić information content (AvgIpc) is 2.91. The maximum absolute atomic E-state index is 12.4. The fourth-order valence-corrected chi connectivity index (χ4v) is 2.78. The first-order valence-corrected chi connectivity index (χ1v) is 9.26. The van der Waals surface area contributed by atoms with E-state index in [4.69, 9.17) is 9.47 Å². The Morgan fingerprint density at radius 1 is 1.22 bits per heavy atom. The summed E-state index contributed by atoms with van der Waals surface area (Å²) in [6.07, 6.45) is 0.908. The summed E-state index contributed by atoms with van der Waals surface area (Å²) in [7, 11) is 1.67. The lowest BCUT2D eigenvalue weighted by atomic mass is 10.2. The molecule has 148 valence electrons. The van der Waals surface area contributed by atoms with E-state index in [0.29, 0.717) is 37.7 Å². The molecule has 27 heavy (non-hydrogen) atoms. The maximum Gasteiger partial charge on any atom is 0.319 e. The number of amides is 2. The largest absolute Gasteiger partial charge is 0.491 e. The lowest BCUT2D eigenvalue weighted by molar-refractivity contribution is 0.182. The van der Waals surface area contributed by atoms with E-state index in [-0.39, 0.29) is 6.03 Å². The molecule has 0 unspecified atom stereocenters. The zero-order valence-electron chi connectivity index (χ0n) is 16.9. The average molecular weight is 374 g/mol. The Hall–Kier alpha value is -2.54. The van der Waals surface area contributed by atoms with Crippen molar-refractivity contribution in [2.75, 3.05) is 25.6 Å². The number of carbonyl (C=O) groups is 1. The van der Waals surface area contributed by atoms with Crippen LogP contribution in [0.1, 0.15) is 35.9 Å². The van der Waals surface area contributed by atoms with E-state index in [2.05, 4.69) is 15.7 Å². The van der Waals surface area contributed by atoms with E-state index in [9.17, 15) is 4.79 Å². The van der Waals surface area contributed by atoms with Gasteiger partial charge in [-0.05, 0) is 44.9 Å². The van der Waals surface area contributed by atoms with Gasteiger partial charge >= 0.3 is 6.03 Å². The molecule has 0 saturated carbocycles. The summed E-state index contributed by atoms with van der Waals surface area (Å²) >= 11 is 0. The van der Waals surface area contributed by atoms with Gasteiger partial charge in [-0.15, -0.1) is 0 Å². The third kappa shape index (κ3) is 5.72. The minimum Gasteiger partial charge on any atom is -0.491 e. The highest BCUT2D eigenvalue weighted by molar-refractivity contribution is 5.91. The minimum absolute atomic E-state index is 0.274. The highest BCUT2D eigenvalue weighted by Crippen LogP contribution is 2.26. The summed E-state index contributed by atoms with van der Waals surface area (Å²) in [5.74, 6) is 0.687. The van der Waals surface area contributed by atoms with Gasteiger partial charge in [0.25, 0.3) is 0 Å². The summed E-state index contributed by atoms with van der Waals surface area (Å²) in [5.41, 5.74) is 4.71. The predicted molar refractivity (Wildman–Crippen MR) is 106 cm³/mol. The molecule has 0 fully saturated rings. The van der Waals surface area contributed by atoms with Crippen molar-refractivity contribution in [2.24, 2.45) is 0 Å². The van der Waals surface area contributed by atoms with Crippen molar-refractivity contribution in [1.82, 2.24) is 15.1 Å². The molecule has 2 rings (SSSR count). The zero-order chi connectivity index (χ0) is 19.8. The second-order valence-corrected chi connectivity index (χ2v) is 6.52. The van der Waals surface area contributed by atoms with Crippen LogP contribution >= 0.6 is 0 Å². The molecule has 2 amide bonds. The minimum atomic E-state index is -0.274. The van der Waals surface area contributed by atoms with Crippen LogP contribution in [0.4, 0.5) is 10.5 Å². The lowest BCUT2D eigenvalue weighted by Crippen LogP contribution is -2.28. The van der Waals surface area contributed by atoms with Gasteiger partial charge in [0.15, 0.2) is 0 Å². The Balaban J connectivity index is 2.00. The van der Waals surface area contributed by atoms with E-state index >= 15 is 0 Å². The number of carbonyl (C=O) groups excluding carboxylic acids is 1. The Labute approximate surface area is 161 Å². The van der Waals surface area contributed by atoms with Crippen LogP contribution in [-0.2, 0) is 17.8 Å². The number of hydrogen-bond acceptors (Lipinski definition) is 4. The first-order chi connectivity index (χ1) is 13.0. The van der Waals surface area contributed by atoms with Gasteiger partial charge in [0.05, 0.1) is 31.1 Å². The topological polar surface area (TPSA) is 77.4 Å². The van der Waals surface area contributed by atoms with Crippen LogP contribution in [0, 0.1) is 20.8 Å². The number of benzene rings is 1. The van der Waals surface area contributed by atoms with Crippen molar-refractivity contribution in [1.29, 1.82) is 0 Å². The van der Waals surface area contributed by atoms with Crippen LogP contribution in [0.15, 0.2) is 18.2 Å². The van der Waals surface area contributed by atoms with Gasteiger partial charge in [-0.25, -0.2) is 4.79 Å². The molecule has 0 spiro atoms. The van der Waals surface area contributed by atoms with E-state index < -0.39 is 0 Å². The number of nitrogens with one attached hydrogen (secondary N) is 2. The molecule has 1 aromatic carbocycles. The SMILES string of the molecule is CCCOc1cc(C)ccc1NC(=O)NCc1c(C)nn(CCOC)c1C. The Morgan fingerprint density at radius 2 is 2.00 bits per heavy atom. The summed E-state index contributed by atoms with van der Waals surface area (Å²) in [6, 6.07) is 5.46. The monoisotopic (exact) mass is 374 g/mol. The Morgan fingerprint density at radius 3 is 2.70 bits per heavy atom. The van der Waals surface area contributed by atoms with Gasteiger partial charge in [0.1, 0.15) is 5.75 Å². The lowest BCUT2D eigenvalue weighted by Gasteiger charge is -2.14. The normalized spacial score (nSPS) is 10.7. The number of ether oxygens (including phenoxy) is 2. The molecule has 0 atom stereocenters. The van der Waals surface area contributed by atoms with Gasteiger partial charge in [-0.2, -0.15) is 5.10 Å². The quantitative estimate of drug-likeness (QED) is 0.703. The molecule has 2 N–H and O–H groups in total. The molecule has 0 radical (unpaired) electrons.